The first-order chi connectivity index (χ1) is 5.70. The summed E-state index contributed by atoms with van der Waals surface area (Å²) in [6.45, 7) is 4.52. The Hall–Kier alpha value is -0.610. The van der Waals surface area contributed by atoms with Gasteiger partial charge in [-0.05, 0) is 13.6 Å². The number of ether oxygens (including phenoxy) is 1. The van der Waals surface area contributed by atoms with Crippen molar-refractivity contribution in [2.75, 3.05) is 40.4 Å². The van der Waals surface area contributed by atoms with E-state index in [1.54, 1.807) is 7.11 Å². The summed E-state index contributed by atoms with van der Waals surface area (Å²) in [6.07, 6.45) is 0. The average Bonchev–Trinajstić information content (AvgIpc) is 2.05. The lowest BCUT2D eigenvalue weighted by atomic mass is 10.5. The number of hydrogen-bond acceptors (Lipinski definition) is 3. The number of carbonyl (C=O) groups excluding carboxylic acids is 1. The summed E-state index contributed by atoms with van der Waals surface area (Å²) in [6, 6.07) is 0. The van der Waals surface area contributed by atoms with Gasteiger partial charge in [0, 0.05) is 15.1 Å². The molecule has 0 saturated heterocycles. The maximum Gasteiger partial charge on any atom is 0.234 e. The first-order valence-electron chi connectivity index (χ1n) is 4.14. The van der Waals surface area contributed by atoms with Crippen LogP contribution in [0.3, 0.4) is 0 Å². The van der Waals surface area contributed by atoms with Crippen molar-refractivity contribution in [2.45, 2.75) is 6.92 Å². The van der Waals surface area contributed by atoms with Crippen molar-refractivity contribution >= 4 is 5.91 Å². The molecule has 0 fully saturated rings. The molecule has 12 heavy (non-hydrogen) atoms. The van der Waals surface area contributed by atoms with Crippen LogP contribution in [-0.2, 0) is 9.53 Å². The van der Waals surface area contributed by atoms with Crippen LogP contribution in [0.5, 0.6) is 0 Å². The van der Waals surface area contributed by atoms with Crippen LogP contribution in [-0.4, -0.2) is 51.2 Å². The van der Waals surface area contributed by atoms with Crippen LogP contribution < -0.4 is 5.32 Å². The standard InChI is InChI=1S/C8H18N2O2.H2/c1-4-10(2)7-8(11)9-5-6-12-3;/h4-7H2,1-3H3,(H,9,11);1H. The average molecular weight is 176 g/mol. The van der Waals surface area contributed by atoms with Crippen LogP contribution in [0.4, 0.5) is 0 Å². The minimum absolute atomic E-state index is 0. The molecule has 0 aliphatic carbocycles. The Labute approximate surface area is 75.4 Å². The third-order valence-electron chi connectivity index (χ3n) is 1.58. The van der Waals surface area contributed by atoms with E-state index in [4.69, 9.17) is 4.74 Å². The Balaban J connectivity index is 0. The van der Waals surface area contributed by atoms with Gasteiger partial charge in [0.25, 0.3) is 0 Å². The summed E-state index contributed by atoms with van der Waals surface area (Å²) in [5.74, 6) is 0.0522. The molecule has 1 amide bonds. The Morgan fingerprint density at radius 1 is 1.67 bits per heavy atom. The molecule has 0 spiro atoms. The summed E-state index contributed by atoms with van der Waals surface area (Å²) in [4.78, 5) is 13.0. The largest absolute Gasteiger partial charge is 0.383 e. The summed E-state index contributed by atoms with van der Waals surface area (Å²) >= 11 is 0. The normalized spacial score (nSPS) is 10.3. The minimum atomic E-state index is 0. The Bertz CT molecular complexity index is 133. The molecule has 0 aromatic rings. The number of nitrogens with one attached hydrogen (secondary N) is 1. The summed E-state index contributed by atoms with van der Waals surface area (Å²) in [5.41, 5.74) is 0. The first-order valence-corrected chi connectivity index (χ1v) is 4.14. The van der Waals surface area contributed by atoms with E-state index in [9.17, 15) is 4.79 Å². The zero-order valence-electron chi connectivity index (χ0n) is 8.09. The highest BCUT2D eigenvalue weighted by Crippen LogP contribution is 1.79. The van der Waals surface area contributed by atoms with Crippen LogP contribution in [0, 0.1) is 0 Å². The lowest BCUT2D eigenvalue weighted by molar-refractivity contribution is -0.122. The smallest absolute Gasteiger partial charge is 0.234 e. The third kappa shape index (κ3) is 6.12. The molecule has 0 radical (unpaired) electrons. The van der Waals surface area contributed by atoms with Crippen molar-refractivity contribution in [1.29, 1.82) is 0 Å². The van der Waals surface area contributed by atoms with Gasteiger partial charge in [-0.3, -0.25) is 9.69 Å². The predicted molar refractivity (Wildman–Crippen MR) is 50.2 cm³/mol. The van der Waals surface area contributed by atoms with Gasteiger partial charge in [0.15, 0.2) is 0 Å². The number of amides is 1. The molecule has 0 heterocycles. The first kappa shape index (κ1) is 11.4. The number of nitrogens with zero attached hydrogens (tertiary/aromatic N) is 1. The van der Waals surface area contributed by atoms with E-state index in [0.717, 1.165) is 6.54 Å². The maximum absolute atomic E-state index is 11.1. The second-order valence-electron chi connectivity index (χ2n) is 2.67. The summed E-state index contributed by atoms with van der Waals surface area (Å²) in [5, 5.41) is 2.74. The molecule has 0 unspecified atom stereocenters. The van der Waals surface area contributed by atoms with Gasteiger partial charge in [-0.15, -0.1) is 0 Å². The molecule has 4 heteroatoms. The fourth-order valence-electron chi connectivity index (χ4n) is 0.705. The van der Waals surface area contributed by atoms with Crippen molar-refractivity contribution in [3.8, 4) is 0 Å². The number of methoxy groups -OCH3 is 1. The number of hydrogen-bond donors (Lipinski definition) is 1. The Morgan fingerprint density at radius 3 is 2.83 bits per heavy atom. The zero-order valence-corrected chi connectivity index (χ0v) is 8.09. The van der Waals surface area contributed by atoms with Gasteiger partial charge in [0.2, 0.25) is 5.91 Å². The molecule has 1 N–H and O–H groups in total. The van der Waals surface area contributed by atoms with Gasteiger partial charge in [0.1, 0.15) is 0 Å². The Kier molecular flexibility index (Phi) is 6.70. The summed E-state index contributed by atoms with van der Waals surface area (Å²) < 4.78 is 4.80. The van der Waals surface area contributed by atoms with Gasteiger partial charge >= 0.3 is 0 Å². The van der Waals surface area contributed by atoms with Crippen LogP contribution >= 0.6 is 0 Å². The highest BCUT2D eigenvalue weighted by Gasteiger charge is 2.02. The fourth-order valence-corrected chi connectivity index (χ4v) is 0.705. The van der Waals surface area contributed by atoms with E-state index in [1.165, 1.54) is 0 Å². The van der Waals surface area contributed by atoms with Gasteiger partial charge < -0.3 is 10.1 Å². The van der Waals surface area contributed by atoms with Crippen molar-refractivity contribution in [1.82, 2.24) is 10.2 Å². The monoisotopic (exact) mass is 176 g/mol. The molecule has 0 rings (SSSR count). The molecule has 0 atom stereocenters. The topological polar surface area (TPSA) is 41.6 Å². The third-order valence-corrected chi connectivity index (χ3v) is 1.58. The SMILES string of the molecule is CCN(C)CC(=O)NCCOC.[HH]. The quantitative estimate of drug-likeness (QED) is 0.577. The van der Waals surface area contributed by atoms with Gasteiger partial charge in [-0.2, -0.15) is 0 Å². The zero-order chi connectivity index (χ0) is 9.40. The number of rotatable bonds is 6. The molecule has 0 saturated carbocycles. The number of likely N-dealkylation sites (N-methyl/N-ethyl adjacent to an activating group) is 1. The Morgan fingerprint density at radius 2 is 2.33 bits per heavy atom. The van der Waals surface area contributed by atoms with Gasteiger partial charge in [0.05, 0.1) is 13.2 Å². The van der Waals surface area contributed by atoms with Crippen LogP contribution in [0.1, 0.15) is 8.35 Å². The van der Waals surface area contributed by atoms with Crippen molar-refractivity contribution in [3.05, 3.63) is 0 Å². The molecule has 74 valence electrons. The van der Waals surface area contributed by atoms with Gasteiger partial charge in [-0.1, -0.05) is 6.92 Å². The second-order valence-corrected chi connectivity index (χ2v) is 2.67. The van der Waals surface area contributed by atoms with Gasteiger partial charge in [-0.25, -0.2) is 0 Å². The molecule has 4 nitrogen and oxygen atoms in total. The lowest BCUT2D eigenvalue weighted by Gasteiger charge is -2.12. The molecule has 0 aliphatic heterocycles. The van der Waals surface area contributed by atoms with E-state index in [-0.39, 0.29) is 7.33 Å². The highest BCUT2D eigenvalue weighted by molar-refractivity contribution is 5.77. The van der Waals surface area contributed by atoms with E-state index in [2.05, 4.69) is 5.32 Å². The second kappa shape index (κ2) is 7.06. The molecular weight excluding hydrogens is 156 g/mol. The molecule has 0 aromatic heterocycles. The van der Waals surface area contributed by atoms with Crippen molar-refractivity contribution in [2.24, 2.45) is 0 Å². The predicted octanol–water partition coefficient (Wildman–Crippen LogP) is -0.0533. The minimum Gasteiger partial charge on any atom is -0.383 e. The molecule has 0 bridgehead atoms. The molecule has 0 aromatic carbocycles. The van der Waals surface area contributed by atoms with Crippen molar-refractivity contribution < 1.29 is 11.0 Å². The van der Waals surface area contributed by atoms with Crippen LogP contribution in [0.2, 0.25) is 0 Å². The highest BCUT2D eigenvalue weighted by atomic mass is 16.5. The van der Waals surface area contributed by atoms with E-state index < -0.39 is 0 Å². The summed E-state index contributed by atoms with van der Waals surface area (Å²) in [7, 11) is 3.53. The molecule has 0 aliphatic rings. The van der Waals surface area contributed by atoms with Crippen LogP contribution in [0.15, 0.2) is 0 Å². The lowest BCUT2D eigenvalue weighted by Crippen LogP contribution is -2.36. The van der Waals surface area contributed by atoms with Crippen LogP contribution in [0.25, 0.3) is 0 Å². The van der Waals surface area contributed by atoms with E-state index in [1.807, 2.05) is 18.9 Å². The fraction of sp³-hybridized carbons (Fsp3) is 0.875. The van der Waals surface area contributed by atoms with Crippen molar-refractivity contribution in [3.63, 3.8) is 0 Å². The molecular formula is C8H20N2O2. The van der Waals surface area contributed by atoms with E-state index >= 15 is 0 Å². The maximum atomic E-state index is 11.1. The van der Waals surface area contributed by atoms with E-state index in [0.29, 0.717) is 19.7 Å². The number of carbonyl (C=O) groups is 1.